The molecule has 1 aromatic rings. The molecule has 0 spiro atoms. The van der Waals surface area contributed by atoms with Crippen molar-refractivity contribution < 1.29 is 9.59 Å². The van der Waals surface area contributed by atoms with Crippen LogP contribution < -0.4 is 4.90 Å². The number of carbonyl (C=O) groups excluding carboxylic acids is 2. The summed E-state index contributed by atoms with van der Waals surface area (Å²) in [4.78, 5) is 40.0. The summed E-state index contributed by atoms with van der Waals surface area (Å²) < 4.78 is 0. The average molecular weight is 446 g/mol. The smallest absolute Gasteiger partial charge is 0.226 e. The van der Waals surface area contributed by atoms with E-state index in [2.05, 4.69) is 14.7 Å². The van der Waals surface area contributed by atoms with Crippen LogP contribution in [0.1, 0.15) is 49.6 Å². The summed E-state index contributed by atoms with van der Waals surface area (Å²) >= 11 is 1.77. The highest BCUT2D eigenvalue weighted by molar-refractivity contribution is 7.15. The van der Waals surface area contributed by atoms with E-state index in [-0.39, 0.29) is 11.8 Å². The number of aromatic nitrogens is 1. The molecule has 1 atom stereocenters. The first kappa shape index (κ1) is 21.2. The van der Waals surface area contributed by atoms with E-state index in [1.807, 2.05) is 4.90 Å². The van der Waals surface area contributed by atoms with Gasteiger partial charge in [0.25, 0.3) is 0 Å². The van der Waals surface area contributed by atoms with Gasteiger partial charge in [0.15, 0.2) is 5.13 Å². The number of amides is 2. The van der Waals surface area contributed by atoms with Crippen molar-refractivity contribution in [2.24, 2.45) is 5.92 Å². The molecule has 5 rings (SSSR count). The lowest BCUT2D eigenvalue weighted by Crippen LogP contribution is -2.53. The zero-order valence-electron chi connectivity index (χ0n) is 18.7. The molecule has 0 radical (unpaired) electrons. The van der Waals surface area contributed by atoms with Crippen molar-refractivity contribution in [2.75, 3.05) is 57.3 Å². The SMILES string of the molecule is CC(=O)N1CCN(c2nc3c(s2)CC(C(=O)N2CCN(C4CCCC4)CC2)CC3)CC1. The molecule has 0 bridgehead atoms. The first-order chi connectivity index (χ1) is 15.1. The summed E-state index contributed by atoms with van der Waals surface area (Å²) in [5, 5.41) is 1.08. The standard InChI is InChI=1S/C23H35N5O2S/c1-17(29)25-8-14-28(15-9-25)23-24-20-7-6-18(16-21(20)31-23)22(30)27-12-10-26(11-13-27)19-4-2-3-5-19/h18-19H,2-16H2,1H3. The molecule has 2 aliphatic heterocycles. The molecular weight excluding hydrogens is 410 g/mol. The number of rotatable bonds is 3. The Kier molecular flexibility index (Phi) is 6.19. The molecule has 31 heavy (non-hydrogen) atoms. The Labute approximate surface area is 189 Å². The zero-order valence-corrected chi connectivity index (χ0v) is 19.5. The Hall–Kier alpha value is -1.67. The summed E-state index contributed by atoms with van der Waals surface area (Å²) in [6.45, 7) is 8.76. The van der Waals surface area contributed by atoms with Crippen molar-refractivity contribution in [2.45, 2.75) is 57.9 Å². The molecule has 7 nitrogen and oxygen atoms in total. The molecule has 170 valence electrons. The van der Waals surface area contributed by atoms with Gasteiger partial charge in [0.2, 0.25) is 11.8 Å². The van der Waals surface area contributed by atoms with E-state index in [4.69, 9.17) is 4.98 Å². The highest BCUT2D eigenvalue weighted by Gasteiger charge is 2.34. The van der Waals surface area contributed by atoms with Gasteiger partial charge in [-0.15, -0.1) is 11.3 Å². The number of hydrogen-bond donors (Lipinski definition) is 0. The maximum Gasteiger partial charge on any atom is 0.226 e. The van der Waals surface area contributed by atoms with Crippen LogP contribution in [0.3, 0.4) is 0 Å². The zero-order chi connectivity index (χ0) is 21.4. The van der Waals surface area contributed by atoms with Crippen LogP contribution in [-0.4, -0.2) is 89.9 Å². The maximum absolute atomic E-state index is 13.2. The van der Waals surface area contributed by atoms with Crippen LogP contribution in [0.25, 0.3) is 0 Å². The van der Waals surface area contributed by atoms with Gasteiger partial charge in [-0.2, -0.15) is 0 Å². The maximum atomic E-state index is 13.2. The summed E-state index contributed by atoms with van der Waals surface area (Å²) in [7, 11) is 0. The van der Waals surface area contributed by atoms with Crippen LogP contribution in [0.2, 0.25) is 0 Å². The minimum absolute atomic E-state index is 0.119. The minimum Gasteiger partial charge on any atom is -0.345 e. The second kappa shape index (κ2) is 9.06. The average Bonchev–Trinajstić information content (AvgIpc) is 3.48. The molecule has 4 aliphatic rings. The van der Waals surface area contributed by atoms with Crippen molar-refractivity contribution in [3.8, 4) is 0 Å². The Morgan fingerprint density at radius 2 is 1.58 bits per heavy atom. The van der Waals surface area contributed by atoms with E-state index < -0.39 is 0 Å². The monoisotopic (exact) mass is 445 g/mol. The number of piperazine rings is 2. The summed E-state index contributed by atoms with van der Waals surface area (Å²) in [5.74, 6) is 0.638. The lowest BCUT2D eigenvalue weighted by Gasteiger charge is -2.39. The Balaban J connectivity index is 1.16. The molecule has 1 aromatic heterocycles. The third-order valence-electron chi connectivity index (χ3n) is 7.74. The third kappa shape index (κ3) is 4.46. The van der Waals surface area contributed by atoms with Crippen molar-refractivity contribution in [1.82, 2.24) is 19.7 Å². The molecule has 8 heteroatoms. The van der Waals surface area contributed by atoms with E-state index >= 15 is 0 Å². The third-order valence-corrected chi connectivity index (χ3v) is 8.92. The molecule has 3 fully saturated rings. The highest BCUT2D eigenvalue weighted by atomic mass is 32.1. The molecule has 2 aliphatic carbocycles. The molecule has 0 N–H and O–H groups in total. The first-order valence-corrected chi connectivity index (χ1v) is 12.9. The summed E-state index contributed by atoms with van der Waals surface area (Å²) in [5.41, 5.74) is 1.20. The van der Waals surface area contributed by atoms with E-state index in [1.54, 1.807) is 18.3 Å². The van der Waals surface area contributed by atoms with Gasteiger partial charge in [0.05, 0.1) is 5.69 Å². The van der Waals surface area contributed by atoms with Gasteiger partial charge < -0.3 is 14.7 Å². The van der Waals surface area contributed by atoms with Crippen LogP contribution in [-0.2, 0) is 22.4 Å². The van der Waals surface area contributed by atoms with Crippen LogP contribution in [0.4, 0.5) is 5.13 Å². The fraction of sp³-hybridized carbons (Fsp3) is 0.783. The number of fused-ring (bicyclic) bond motifs is 1. The largest absolute Gasteiger partial charge is 0.345 e. The number of thiazole rings is 1. The topological polar surface area (TPSA) is 60.0 Å². The molecule has 0 aromatic carbocycles. The summed E-state index contributed by atoms with van der Waals surface area (Å²) in [6.07, 6.45) is 8.12. The molecule has 3 heterocycles. The molecule has 2 saturated heterocycles. The number of carbonyl (C=O) groups is 2. The summed E-state index contributed by atoms with van der Waals surface area (Å²) in [6, 6.07) is 0.766. The molecular formula is C23H35N5O2S. The molecule has 2 amide bonds. The lowest BCUT2D eigenvalue weighted by molar-refractivity contribution is -0.138. The van der Waals surface area contributed by atoms with E-state index in [0.29, 0.717) is 5.91 Å². The number of aryl methyl sites for hydroxylation is 1. The van der Waals surface area contributed by atoms with Gasteiger partial charge in [0.1, 0.15) is 0 Å². The van der Waals surface area contributed by atoms with Gasteiger partial charge in [-0.3, -0.25) is 14.5 Å². The number of hydrogen-bond acceptors (Lipinski definition) is 6. The Morgan fingerprint density at radius 3 is 2.26 bits per heavy atom. The van der Waals surface area contributed by atoms with Crippen LogP contribution >= 0.6 is 11.3 Å². The highest BCUT2D eigenvalue weighted by Crippen LogP contribution is 2.35. The molecule has 1 unspecified atom stereocenters. The predicted octanol–water partition coefficient (Wildman–Crippen LogP) is 2.00. The lowest BCUT2D eigenvalue weighted by atomic mass is 9.89. The Bertz CT molecular complexity index is 805. The van der Waals surface area contributed by atoms with Gasteiger partial charge >= 0.3 is 0 Å². The quantitative estimate of drug-likeness (QED) is 0.712. The van der Waals surface area contributed by atoms with Gasteiger partial charge in [-0.25, -0.2) is 4.98 Å². The van der Waals surface area contributed by atoms with Crippen LogP contribution in [0.5, 0.6) is 0 Å². The molecule has 1 saturated carbocycles. The van der Waals surface area contributed by atoms with Crippen LogP contribution in [0.15, 0.2) is 0 Å². The van der Waals surface area contributed by atoms with Crippen molar-refractivity contribution >= 4 is 28.3 Å². The first-order valence-electron chi connectivity index (χ1n) is 12.1. The van der Waals surface area contributed by atoms with Crippen molar-refractivity contribution in [3.05, 3.63) is 10.6 Å². The predicted molar refractivity (Wildman–Crippen MR) is 123 cm³/mol. The fourth-order valence-electron chi connectivity index (χ4n) is 5.76. The normalized spacial score (nSPS) is 25.7. The minimum atomic E-state index is 0.119. The van der Waals surface area contributed by atoms with E-state index in [1.165, 1.54) is 36.3 Å². The van der Waals surface area contributed by atoms with Gasteiger partial charge in [-0.05, 0) is 32.1 Å². The van der Waals surface area contributed by atoms with Crippen molar-refractivity contribution in [1.29, 1.82) is 0 Å². The second-order valence-corrected chi connectivity index (χ2v) is 10.7. The second-order valence-electron chi connectivity index (χ2n) is 9.60. The van der Waals surface area contributed by atoms with Crippen molar-refractivity contribution in [3.63, 3.8) is 0 Å². The van der Waals surface area contributed by atoms with E-state index in [9.17, 15) is 9.59 Å². The van der Waals surface area contributed by atoms with E-state index in [0.717, 1.165) is 82.8 Å². The number of anilines is 1. The van der Waals surface area contributed by atoms with Gasteiger partial charge in [-0.1, -0.05) is 12.8 Å². The Morgan fingerprint density at radius 1 is 0.903 bits per heavy atom. The number of nitrogens with zero attached hydrogens (tertiary/aromatic N) is 5. The van der Waals surface area contributed by atoms with Gasteiger partial charge in [0, 0.05) is 76.1 Å². The van der Waals surface area contributed by atoms with Crippen LogP contribution in [0, 0.1) is 5.92 Å². The fourth-order valence-corrected chi connectivity index (χ4v) is 6.99.